The molecule has 0 bridgehead atoms. The van der Waals surface area contributed by atoms with Gasteiger partial charge in [0.25, 0.3) is 0 Å². The summed E-state index contributed by atoms with van der Waals surface area (Å²) in [6, 6.07) is 16.3. The minimum absolute atomic E-state index is 0.0220. The van der Waals surface area contributed by atoms with Gasteiger partial charge in [-0.15, -0.1) is 6.58 Å². The van der Waals surface area contributed by atoms with E-state index in [4.69, 9.17) is 0 Å². The number of carbonyl (C=O) groups excluding carboxylic acids is 2. The maximum absolute atomic E-state index is 13.1. The number of amides is 2. The first-order valence-corrected chi connectivity index (χ1v) is 11.7. The Labute approximate surface area is 199 Å². The van der Waals surface area contributed by atoms with Crippen LogP contribution in [0.5, 0.6) is 0 Å². The monoisotopic (exact) mass is 452 g/mol. The predicted molar refractivity (Wildman–Crippen MR) is 137 cm³/mol. The summed E-state index contributed by atoms with van der Waals surface area (Å²) in [5.74, 6) is -0.271. The highest BCUT2D eigenvalue weighted by molar-refractivity contribution is 5.94. The largest absolute Gasteiger partial charge is 0.395 e. The summed E-state index contributed by atoms with van der Waals surface area (Å²) in [5, 5.41) is 12.1. The topological polar surface area (TPSA) is 69.6 Å². The van der Waals surface area contributed by atoms with Crippen molar-refractivity contribution < 1.29 is 14.7 Å². The Hall–Kier alpha value is -2.92. The summed E-state index contributed by atoms with van der Waals surface area (Å²) in [6.07, 6.45) is 3.81. The quantitative estimate of drug-likeness (QED) is 0.623. The summed E-state index contributed by atoms with van der Waals surface area (Å²) in [6.45, 7) is 13.2. The molecule has 1 aliphatic heterocycles. The average Bonchev–Trinajstić information content (AvgIpc) is 2.82. The molecule has 0 saturated heterocycles. The molecule has 5 nitrogen and oxygen atoms in total. The van der Waals surface area contributed by atoms with Gasteiger partial charge in [-0.05, 0) is 56.4 Å². The number of fused-ring (bicyclic) bond motifs is 2. The van der Waals surface area contributed by atoms with Gasteiger partial charge in [0.2, 0.25) is 11.8 Å². The second-order valence-corrected chi connectivity index (χ2v) is 8.33. The van der Waals surface area contributed by atoms with Crippen molar-refractivity contribution in [3.63, 3.8) is 0 Å². The molecule has 1 aliphatic rings. The van der Waals surface area contributed by atoms with Gasteiger partial charge in [-0.3, -0.25) is 9.59 Å². The number of nitrogens with zero attached hydrogens (tertiary/aromatic N) is 1. The number of carbonyl (C=O) groups is 2. The number of rotatable bonds is 5. The number of nitrogens with one attached hydrogen (secondary N) is 1. The molecule has 0 aromatic heterocycles. The van der Waals surface area contributed by atoms with Gasteiger partial charge >= 0.3 is 0 Å². The van der Waals surface area contributed by atoms with Gasteiger partial charge in [0.15, 0.2) is 0 Å². The second-order valence-electron chi connectivity index (χ2n) is 8.33. The van der Waals surface area contributed by atoms with Gasteiger partial charge in [-0.1, -0.05) is 62.4 Å². The van der Waals surface area contributed by atoms with Crippen LogP contribution in [0.4, 0.5) is 5.69 Å². The van der Waals surface area contributed by atoms with E-state index in [-0.39, 0.29) is 31.4 Å². The van der Waals surface area contributed by atoms with Crippen molar-refractivity contribution in [2.45, 2.75) is 60.4 Å². The maximum Gasteiger partial charge on any atom is 0.229 e. The Bertz CT molecular complexity index is 906. The van der Waals surface area contributed by atoms with E-state index < -0.39 is 5.41 Å². The van der Waals surface area contributed by atoms with Crippen LogP contribution >= 0.6 is 0 Å². The molecule has 1 heterocycles. The molecule has 2 aromatic carbocycles. The zero-order chi connectivity index (χ0) is 24.9. The number of allylic oxidation sites excluding steroid dienone is 1. The van der Waals surface area contributed by atoms with E-state index in [1.54, 1.807) is 19.9 Å². The summed E-state index contributed by atoms with van der Waals surface area (Å²) >= 11 is 0. The molecule has 2 N–H and O–H groups in total. The fourth-order valence-corrected chi connectivity index (χ4v) is 3.42. The molecule has 0 saturated carbocycles. The fourth-order valence-electron chi connectivity index (χ4n) is 3.42. The number of aryl methyl sites for hydroxylation is 2. The number of aliphatic hydroxyl groups is 1. The lowest BCUT2D eigenvalue weighted by Gasteiger charge is -2.29. The minimum Gasteiger partial charge on any atom is -0.395 e. The zero-order valence-electron chi connectivity index (χ0n) is 20.9. The molecule has 0 fully saturated rings. The van der Waals surface area contributed by atoms with E-state index in [0.717, 1.165) is 29.7 Å². The highest BCUT2D eigenvalue weighted by atomic mass is 16.3. The summed E-state index contributed by atoms with van der Waals surface area (Å²) in [7, 11) is 0. The van der Waals surface area contributed by atoms with Crippen molar-refractivity contribution in [3.8, 4) is 0 Å². The molecule has 33 heavy (non-hydrogen) atoms. The summed E-state index contributed by atoms with van der Waals surface area (Å²) < 4.78 is 0. The van der Waals surface area contributed by atoms with Crippen LogP contribution in [-0.2, 0) is 29.0 Å². The molecule has 3 rings (SSSR count). The number of aliphatic hydroxyl groups excluding tert-OH is 1. The fraction of sp³-hybridized carbons (Fsp3) is 0.429. The van der Waals surface area contributed by atoms with Crippen LogP contribution in [0.3, 0.4) is 0 Å². The molecule has 180 valence electrons. The predicted octanol–water partition coefficient (Wildman–Crippen LogP) is 5.06. The second kappa shape index (κ2) is 14.3. The lowest BCUT2D eigenvalue weighted by atomic mass is 9.94. The van der Waals surface area contributed by atoms with Crippen molar-refractivity contribution in [3.05, 3.63) is 77.9 Å². The van der Waals surface area contributed by atoms with Crippen LogP contribution in [0, 0.1) is 5.41 Å². The van der Waals surface area contributed by atoms with Crippen molar-refractivity contribution in [1.29, 1.82) is 0 Å². The van der Waals surface area contributed by atoms with E-state index >= 15 is 0 Å². The molecule has 5 heteroatoms. The van der Waals surface area contributed by atoms with Crippen molar-refractivity contribution in [1.82, 2.24) is 5.32 Å². The van der Waals surface area contributed by atoms with Crippen LogP contribution in [0.15, 0.2) is 61.2 Å². The van der Waals surface area contributed by atoms with Crippen LogP contribution in [0.2, 0.25) is 0 Å². The number of hydrogen-bond acceptors (Lipinski definition) is 3. The molecule has 0 unspecified atom stereocenters. The molecular formula is C28H40N2O3. The van der Waals surface area contributed by atoms with Crippen LogP contribution in [-0.4, -0.2) is 30.1 Å². The van der Waals surface area contributed by atoms with Gasteiger partial charge in [0.05, 0.1) is 18.6 Å². The molecule has 0 aliphatic carbocycles. The van der Waals surface area contributed by atoms with E-state index in [2.05, 4.69) is 30.1 Å². The first-order valence-electron chi connectivity index (χ1n) is 11.7. The lowest BCUT2D eigenvalue weighted by molar-refractivity contribution is -0.131. The maximum atomic E-state index is 13.1. The minimum atomic E-state index is -0.852. The molecule has 0 radical (unpaired) electrons. The third-order valence-electron chi connectivity index (χ3n) is 5.33. The Morgan fingerprint density at radius 3 is 2.15 bits per heavy atom. The smallest absolute Gasteiger partial charge is 0.229 e. The van der Waals surface area contributed by atoms with Gasteiger partial charge < -0.3 is 15.3 Å². The lowest BCUT2D eigenvalue weighted by Crippen LogP contribution is -2.41. The number of benzene rings is 2. The normalized spacial score (nSPS) is 12.2. The Balaban J connectivity index is 0.00000101. The molecule has 2 amide bonds. The van der Waals surface area contributed by atoms with Gasteiger partial charge in [0, 0.05) is 18.7 Å². The van der Waals surface area contributed by atoms with Crippen molar-refractivity contribution in [2.24, 2.45) is 5.41 Å². The molecule has 2 aromatic rings. The first-order chi connectivity index (χ1) is 15.8. The third-order valence-corrected chi connectivity index (χ3v) is 5.33. The highest BCUT2D eigenvalue weighted by Gasteiger charge is 2.27. The van der Waals surface area contributed by atoms with Crippen LogP contribution < -0.4 is 10.2 Å². The van der Waals surface area contributed by atoms with E-state index in [1.165, 1.54) is 5.56 Å². The van der Waals surface area contributed by atoms with Crippen LogP contribution in [0.1, 0.15) is 57.7 Å². The van der Waals surface area contributed by atoms with Crippen molar-refractivity contribution in [2.75, 3.05) is 18.1 Å². The van der Waals surface area contributed by atoms with Gasteiger partial charge in [-0.2, -0.15) is 0 Å². The Morgan fingerprint density at radius 2 is 1.55 bits per heavy atom. The highest BCUT2D eigenvalue weighted by Crippen LogP contribution is 2.28. The molecule has 0 atom stereocenters. The van der Waals surface area contributed by atoms with E-state index in [1.807, 2.05) is 56.0 Å². The summed E-state index contributed by atoms with van der Waals surface area (Å²) in [4.78, 5) is 27.0. The van der Waals surface area contributed by atoms with Gasteiger partial charge in [-0.25, -0.2) is 0 Å². The Morgan fingerprint density at radius 1 is 1.03 bits per heavy atom. The van der Waals surface area contributed by atoms with E-state index in [0.29, 0.717) is 6.54 Å². The zero-order valence-corrected chi connectivity index (χ0v) is 20.9. The standard InChI is InChI=1S/C23H28N2O3.C3H6.C2H6/c1-23(2,16-26)22(28)24-14-13-21(27)25-15-19-9-4-3-7-17(19)11-12-18-8-5-6-10-20(18)25;1-3-2;1-2/h3-10,26H,11-16H2,1-2H3,(H,24,28);3H,1H2,2H3;1-2H3. The van der Waals surface area contributed by atoms with Crippen molar-refractivity contribution >= 4 is 17.5 Å². The SMILES string of the molecule is C=CC.CC.CC(C)(CO)C(=O)NCCC(=O)N1Cc2ccccc2CCc2ccccc21. The number of anilines is 1. The van der Waals surface area contributed by atoms with Crippen LogP contribution in [0.25, 0.3) is 0 Å². The first kappa shape index (κ1) is 28.1. The molecular weight excluding hydrogens is 412 g/mol. The van der Waals surface area contributed by atoms with E-state index in [9.17, 15) is 14.7 Å². The summed E-state index contributed by atoms with van der Waals surface area (Å²) in [5.41, 5.74) is 3.69. The third kappa shape index (κ3) is 8.17. The number of hydrogen-bond donors (Lipinski definition) is 2. The Kier molecular flexibility index (Phi) is 12.2. The molecule has 0 spiro atoms. The number of para-hydroxylation sites is 1. The van der Waals surface area contributed by atoms with Gasteiger partial charge in [0.1, 0.15) is 0 Å². The average molecular weight is 453 g/mol.